The molecule has 0 saturated heterocycles. The Morgan fingerprint density at radius 2 is 1.50 bits per heavy atom. The average molecular weight is 247 g/mol. The molecule has 1 aliphatic rings. The Kier molecular flexibility index (Phi) is 1.50. The monoisotopic (exact) mass is 246 g/mol. The maximum atomic E-state index is 9.67. The van der Waals surface area contributed by atoms with Gasteiger partial charge in [0.05, 0.1) is 0 Å². The molecule has 68 valence electrons. The van der Waals surface area contributed by atoms with E-state index < -0.39 is 0 Å². The largest absolute Gasteiger partial charge is 0.507 e. The highest BCUT2D eigenvalue weighted by molar-refractivity contribution is 9.10. The Balaban J connectivity index is 2.36. The van der Waals surface area contributed by atoms with Crippen molar-refractivity contribution in [2.24, 2.45) is 0 Å². The normalized spacial score (nSPS) is 11.5. The van der Waals surface area contributed by atoms with Crippen LogP contribution in [0.2, 0.25) is 0 Å². The maximum Gasteiger partial charge on any atom is 0.124 e. The molecule has 0 atom stereocenters. The van der Waals surface area contributed by atoms with Gasteiger partial charge in [0.1, 0.15) is 5.75 Å². The van der Waals surface area contributed by atoms with Crippen LogP contribution >= 0.6 is 15.9 Å². The first-order valence-electron chi connectivity index (χ1n) is 4.40. The highest BCUT2D eigenvalue weighted by Crippen LogP contribution is 2.53. The molecule has 0 spiro atoms. The van der Waals surface area contributed by atoms with Gasteiger partial charge in [-0.3, -0.25) is 0 Å². The van der Waals surface area contributed by atoms with Crippen LogP contribution in [0.25, 0.3) is 22.3 Å². The second-order valence-electron chi connectivity index (χ2n) is 3.36. The van der Waals surface area contributed by atoms with Crippen molar-refractivity contribution >= 4 is 15.9 Å². The lowest BCUT2D eigenvalue weighted by molar-refractivity contribution is 0.477. The van der Waals surface area contributed by atoms with Crippen molar-refractivity contribution in [3.8, 4) is 28.0 Å². The molecule has 2 heteroatoms. The van der Waals surface area contributed by atoms with Gasteiger partial charge in [0, 0.05) is 15.6 Å². The molecule has 0 aliphatic heterocycles. The third-order valence-corrected chi connectivity index (χ3v) is 3.26. The third-order valence-electron chi connectivity index (χ3n) is 2.59. The summed E-state index contributed by atoms with van der Waals surface area (Å²) in [5.41, 5.74) is 4.45. The van der Waals surface area contributed by atoms with E-state index in [1.54, 1.807) is 6.07 Å². The number of hydrogen-bond acceptors (Lipinski definition) is 1. The van der Waals surface area contributed by atoms with Crippen molar-refractivity contribution in [3.05, 3.63) is 40.9 Å². The van der Waals surface area contributed by atoms with Gasteiger partial charge in [-0.1, -0.05) is 40.2 Å². The van der Waals surface area contributed by atoms with Gasteiger partial charge in [0.25, 0.3) is 0 Å². The third kappa shape index (κ3) is 0.840. The van der Waals surface area contributed by atoms with Crippen LogP contribution in [0.5, 0.6) is 5.75 Å². The van der Waals surface area contributed by atoms with E-state index in [0.717, 1.165) is 21.2 Å². The highest BCUT2D eigenvalue weighted by atomic mass is 79.9. The summed E-state index contributed by atoms with van der Waals surface area (Å²) in [6, 6.07) is 11.7. The number of phenols is 1. The molecule has 1 aliphatic carbocycles. The Bertz CT molecular complexity index is 468. The highest BCUT2D eigenvalue weighted by Gasteiger charge is 2.26. The second-order valence-corrected chi connectivity index (χ2v) is 4.22. The van der Waals surface area contributed by atoms with Gasteiger partial charge >= 0.3 is 0 Å². The van der Waals surface area contributed by atoms with Crippen molar-refractivity contribution < 1.29 is 5.11 Å². The Morgan fingerprint density at radius 1 is 0.857 bits per heavy atom. The molecule has 0 fully saturated rings. The summed E-state index contributed by atoms with van der Waals surface area (Å²) in [7, 11) is 0. The maximum absolute atomic E-state index is 9.67. The summed E-state index contributed by atoms with van der Waals surface area (Å²) >= 11 is 3.51. The summed E-state index contributed by atoms with van der Waals surface area (Å²) in [5, 5.41) is 9.67. The lowest BCUT2D eigenvalue weighted by Gasteiger charge is -2.25. The van der Waals surface area contributed by atoms with E-state index >= 15 is 0 Å². The van der Waals surface area contributed by atoms with Gasteiger partial charge in [0.2, 0.25) is 0 Å². The van der Waals surface area contributed by atoms with Crippen molar-refractivity contribution in [1.82, 2.24) is 0 Å². The fourth-order valence-corrected chi connectivity index (χ4v) is 2.56. The summed E-state index contributed by atoms with van der Waals surface area (Å²) in [6.07, 6.45) is 0. The van der Waals surface area contributed by atoms with Crippen LogP contribution < -0.4 is 0 Å². The van der Waals surface area contributed by atoms with Gasteiger partial charge in [-0.25, -0.2) is 0 Å². The number of hydrogen-bond donors (Lipinski definition) is 1. The molecule has 0 bridgehead atoms. The summed E-state index contributed by atoms with van der Waals surface area (Å²) < 4.78 is 1.09. The van der Waals surface area contributed by atoms with Crippen molar-refractivity contribution in [1.29, 1.82) is 0 Å². The molecular formula is C12H7BrO. The molecule has 0 heterocycles. The molecule has 1 nitrogen and oxygen atoms in total. The summed E-state index contributed by atoms with van der Waals surface area (Å²) in [5.74, 6) is 0.369. The van der Waals surface area contributed by atoms with E-state index in [0.29, 0.717) is 5.75 Å². The van der Waals surface area contributed by atoms with E-state index in [9.17, 15) is 5.11 Å². The van der Waals surface area contributed by atoms with Gasteiger partial charge in [-0.2, -0.15) is 0 Å². The number of fused-ring (bicyclic) bond motifs is 4. The molecule has 0 saturated carbocycles. The Labute approximate surface area is 90.1 Å². The molecule has 0 radical (unpaired) electrons. The Morgan fingerprint density at radius 3 is 2.29 bits per heavy atom. The summed E-state index contributed by atoms with van der Waals surface area (Å²) in [6.45, 7) is 0. The first kappa shape index (κ1) is 8.06. The van der Waals surface area contributed by atoms with E-state index in [1.807, 2.05) is 30.3 Å². The predicted octanol–water partition coefficient (Wildman–Crippen LogP) is 3.80. The van der Waals surface area contributed by atoms with Crippen LogP contribution in [0.3, 0.4) is 0 Å². The summed E-state index contributed by atoms with van der Waals surface area (Å²) in [4.78, 5) is 0. The molecular weight excluding hydrogens is 240 g/mol. The zero-order valence-electron chi connectivity index (χ0n) is 7.29. The quantitative estimate of drug-likeness (QED) is 0.640. The number of rotatable bonds is 0. The van der Waals surface area contributed by atoms with Gasteiger partial charge in [-0.15, -0.1) is 0 Å². The molecule has 1 N–H and O–H groups in total. The fraction of sp³-hybridized carbons (Fsp3) is 0. The topological polar surface area (TPSA) is 20.2 Å². The zero-order valence-corrected chi connectivity index (χ0v) is 8.88. The molecule has 2 aromatic carbocycles. The number of benzene rings is 2. The van der Waals surface area contributed by atoms with Gasteiger partial charge in [-0.05, 0) is 23.3 Å². The van der Waals surface area contributed by atoms with Crippen molar-refractivity contribution in [2.45, 2.75) is 0 Å². The van der Waals surface area contributed by atoms with Crippen LogP contribution in [0.15, 0.2) is 40.9 Å². The van der Waals surface area contributed by atoms with E-state index in [2.05, 4.69) is 15.9 Å². The van der Waals surface area contributed by atoms with Crippen LogP contribution in [-0.4, -0.2) is 5.11 Å². The number of aromatic hydroxyl groups is 1. The van der Waals surface area contributed by atoms with Crippen LogP contribution in [-0.2, 0) is 0 Å². The minimum atomic E-state index is 0.369. The van der Waals surface area contributed by atoms with E-state index in [-0.39, 0.29) is 0 Å². The SMILES string of the molecule is Oc1cccc2c1-c1cccc(Br)c1-2. The number of halogens is 1. The van der Waals surface area contributed by atoms with Crippen LogP contribution in [0.4, 0.5) is 0 Å². The van der Waals surface area contributed by atoms with Crippen LogP contribution in [0, 0.1) is 0 Å². The molecule has 14 heavy (non-hydrogen) atoms. The standard InChI is InChI=1S/C12H7BrO/c13-9-5-1-3-7-11(9)8-4-2-6-10(14)12(7)8/h1-6,14H. The minimum Gasteiger partial charge on any atom is -0.507 e. The molecule has 0 aromatic heterocycles. The Hall–Kier alpha value is -1.28. The predicted molar refractivity (Wildman–Crippen MR) is 60.2 cm³/mol. The molecule has 0 amide bonds. The first-order chi connectivity index (χ1) is 6.79. The molecule has 2 aromatic rings. The second kappa shape index (κ2) is 2.61. The van der Waals surface area contributed by atoms with E-state index in [1.165, 1.54) is 5.56 Å². The lowest BCUT2D eigenvalue weighted by Crippen LogP contribution is -1.99. The first-order valence-corrected chi connectivity index (χ1v) is 5.19. The minimum absolute atomic E-state index is 0.369. The van der Waals surface area contributed by atoms with Gasteiger partial charge in [0.15, 0.2) is 0 Å². The van der Waals surface area contributed by atoms with Crippen LogP contribution in [0.1, 0.15) is 0 Å². The molecule has 0 unspecified atom stereocenters. The average Bonchev–Trinajstić information content (AvgIpc) is 2.13. The smallest absolute Gasteiger partial charge is 0.124 e. The number of phenolic OH excluding ortho intramolecular Hbond substituents is 1. The van der Waals surface area contributed by atoms with E-state index in [4.69, 9.17) is 0 Å². The van der Waals surface area contributed by atoms with Crippen molar-refractivity contribution in [3.63, 3.8) is 0 Å². The lowest BCUT2D eigenvalue weighted by atomic mass is 9.80. The molecule has 3 rings (SSSR count). The van der Waals surface area contributed by atoms with Gasteiger partial charge < -0.3 is 5.11 Å². The zero-order chi connectivity index (χ0) is 9.71. The van der Waals surface area contributed by atoms with Crippen molar-refractivity contribution in [2.75, 3.05) is 0 Å². The fourth-order valence-electron chi connectivity index (χ4n) is 1.98.